The van der Waals surface area contributed by atoms with Gasteiger partial charge in [-0.25, -0.2) is 14.4 Å². The molecule has 0 aliphatic rings. The summed E-state index contributed by atoms with van der Waals surface area (Å²) >= 11 is 0. The Kier molecular flexibility index (Phi) is 6.65. The van der Waals surface area contributed by atoms with E-state index in [1.807, 2.05) is 5.32 Å². The fourth-order valence-electron chi connectivity index (χ4n) is 0.933. The van der Waals surface area contributed by atoms with Crippen LogP contribution >= 0.6 is 0 Å². The minimum absolute atomic E-state index is 0.0714. The molecule has 0 aromatic heterocycles. The average molecular weight is 272 g/mol. The van der Waals surface area contributed by atoms with Crippen LogP contribution < -0.4 is 21.7 Å². The molecule has 0 unspecified atom stereocenters. The van der Waals surface area contributed by atoms with E-state index in [9.17, 15) is 19.2 Å². The van der Waals surface area contributed by atoms with E-state index in [2.05, 4.69) is 10.6 Å². The minimum Gasteiger partial charge on any atom is -0.478 e. The second-order valence-corrected chi connectivity index (χ2v) is 3.56. The van der Waals surface area contributed by atoms with Crippen LogP contribution in [0.1, 0.15) is 13.8 Å². The summed E-state index contributed by atoms with van der Waals surface area (Å²) in [6.07, 6.45) is 0. The monoisotopic (exact) mass is 272 g/mol. The minimum atomic E-state index is -1.24. The highest BCUT2D eigenvalue weighted by atomic mass is 16.4. The largest absolute Gasteiger partial charge is 0.478 e. The zero-order valence-electron chi connectivity index (χ0n) is 10.6. The van der Waals surface area contributed by atoms with Crippen LogP contribution in [-0.2, 0) is 9.59 Å². The molecule has 0 spiro atoms. The summed E-state index contributed by atoms with van der Waals surface area (Å²) in [6, 6.07) is -1.53. The molecule has 106 valence electrons. The molecule has 6 N–H and O–H groups in total. The van der Waals surface area contributed by atoms with E-state index < -0.39 is 23.9 Å². The van der Waals surface area contributed by atoms with Crippen molar-refractivity contribution in [3.63, 3.8) is 0 Å². The van der Waals surface area contributed by atoms with E-state index >= 15 is 0 Å². The van der Waals surface area contributed by atoms with Crippen molar-refractivity contribution in [2.75, 3.05) is 13.1 Å². The van der Waals surface area contributed by atoms with Crippen LogP contribution in [0.4, 0.5) is 9.59 Å². The Morgan fingerprint density at radius 1 is 1.00 bits per heavy atom. The third-order valence-corrected chi connectivity index (χ3v) is 2.16. The molecule has 0 saturated heterocycles. The molecule has 5 amide bonds. The maximum Gasteiger partial charge on any atom is 0.331 e. The Hall–Kier alpha value is -2.58. The summed E-state index contributed by atoms with van der Waals surface area (Å²) in [5, 5.41) is 15.1. The normalized spacial score (nSPS) is 11.1. The van der Waals surface area contributed by atoms with Gasteiger partial charge in [0.1, 0.15) is 0 Å². The first-order valence-electron chi connectivity index (χ1n) is 5.29. The number of primary amides is 1. The van der Waals surface area contributed by atoms with Crippen LogP contribution in [-0.4, -0.2) is 42.1 Å². The number of urea groups is 2. The summed E-state index contributed by atoms with van der Waals surface area (Å²) in [5.41, 5.74) is 4.57. The second kappa shape index (κ2) is 7.69. The number of carboxylic acids is 1. The summed E-state index contributed by atoms with van der Waals surface area (Å²) < 4.78 is 0. The smallest absolute Gasteiger partial charge is 0.331 e. The van der Waals surface area contributed by atoms with Crippen molar-refractivity contribution in [2.45, 2.75) is 13.8 Å². The van der Waals surface area contributed by atoms with Gasteiger partial charge in [-0.1, -0.05) is 0 Å². The van der Waals surface area contributed by atoms with Gasteiger partial charge in [0.05, 0.1) is 0 Å². The number of rotatable bonds is 5. The van der Waals surface area contributed by atoms with Crippen molar-refractivity contribution in [1.82, 2.24) is 16.0 Å². The number of carboxylic acid groups (broad SMARTS) is 1. The lowest BCUT2D eigenvalue weighted by Crippen LogP contribution is -2.43. The number of amides is 5. The number of nitrogens with one attached hydrogen (secondary N) is 3. The van der Waals surface area contributed by atoms with Crippen LogP contribution in [0.3, 0.4) is 0 Å². The first kappa shape index (κ1) is 16.4. The van der Waals surface area contributed by atoms with Gasteiger partial charge >= 0.3 is 18.0 Å². The molecule has 0 fully saturated rings. The molecular weight excluding hydrogens is 256 g/mol. The van der Waals surface area contributed by atoms with Gasteiger partial charge in [-0.05, 0) is 13.8 Å². The Morgan fingerprint density at radius 2 is 1.53 bits per heavy atom. The molecule has 0 aromatic rings. The topological polar surface area (TPSA) is 151 Å². The quantitative estimate of drug-likeness (QED) is 0.318. The number of carbonyl (C=O) groups excluding carboxylic acids is 3. The summed E-state index contributed by atoms with van der Waals surface area (Å²) in [5.74, 6) is -2.04. The number of imide groups is 1. The number of nitrogens with two attached hydrogens (primary N) is 1. The third-order valence-electron chi connectivity index (χ3n) is 2.16. The lowest BCUT2D eigenvalue weighted by Gasteiger charge is -2.08. The van der Waals surface area contributed by atoms with Crippen molar-refractivity contribution in [1.29, 1.82) is 0 Å². The SMILES string of the molecule is CC(C(=O)O)=C(C)C(=O)NC(=O)NCCNC(N)=O. The molecule has 0 rings (SSSR count). The van der Waals surface area contributed by atoms with Crippen molar-refractivity contribution in [2.24, 2.45) is 5.73 Å². The zero-order valence-corrected chi connectivity index (χ0v) is 10.6. The number of hydrogen-bond acceptors (Lipinski definition) is 4. The third kappa shape index (κ3) is 6.66. The standard InChI is InChI=1S/C10H16N4O5/c1-5(6(2)8(16)17)7(15)14-10(19)13-4-3-12-9(11)18/h3-4H2,1-2H3,(H,16,17)(H3,11,12,18)(H2,13,14,15,19). The average Bonchev–Trinajstić information content (AvgIpc) is 2.32. The van der Waals surface area contributed by atoms with E-state index in [1.165, 1.54) is 13.8 Å². The van der Waals surface area contributed by atoms with Crippen LogP contribution in [0.25, 0.3) is 0 Å². The Labute approximate surface area is 109 Å². The molecule has 0 heterocycles. The van der Waals surface area contributed by atoms with E-state index in [4.69, 9.17) is 10.8 Å². The lowest BCUT2D eigenvalue weighted by molar-refractivity contribution is -0.133. The summed E-state index contributed by atoms with van der Waals surface area (Å²) in [6.45, 7) is 2.73. The number of carbonyl (C=O) groups is 4. The molecule has 0 aliphatic heterocycles. The molecule has 19 heavy (non-hydrogen) atoms. The van der Waals surface area contributed by atoms with Crippen molar-refractivity contribution in [3.8, 4) is 0 Å². The van der Waals surface area contributed by atoms with Gasteiger partial charge in [0.15, 0.2) is 0 Å². The predicted octanol–water partition coefficient (Wildman–Crippen LogP) is -1.10. The van der Waals surface area contributed by atoms with Gasteiger partial charge in [-0.3, -0.25) is 10.1 Å². The zero-order chi connectivity index (χ0) is 15.0. The fourth-order valence-corrected chi connectivity index (χ4v) is 0.933. The molecule has 9 nitrogen and oxygen atoms in total. The number of aliphatic carboxylic acids is 1. The lowest BCUT2D eigenvalue weighted by atomic mass is 10.1. The molecule has 0 aliphatic carbocycles. The predicted molar refractivity (Wildman–Crippen MR) is 65.1 cm³/mol. The van der Waals surface area contributed by atoms with Crippen molar-refractivity contribution >= 4 is 23.9 Å². The molecule has 9 heteroatoms. The van der Waals surface area contributed by atoms with E-state index in [0.29, 0.717) is 0 Å². The Bertz CT molecular complexity index is 430. The van der Waals surface area contributed by atoms with E-state index in [-0.39, 0.29) is 24.2 Å². The van der Waals surface area contributed by atoms with Gasteiger partial charge in [0.2, 0.25) is 0 Å². The molecule has 0 saturated carbocycles. The van der Waals surface area contributed by atoms with E-state index in [0.717, 1.165) is 0 Å². The highest BCUT2D eigenvalue weighted by Gasteiger charge is 2.14. The van der Waals surface area contributed by atoms with Gasteiger partial charge in [0.25, 0.3) is 5.91 Å². The van der Waals surface area contributed by atoms with E-state index in [1.54, 1.807) is 0 Å². The highest BCUT2D eigenvalue weighted by molar-refractivity contribution is 6.07. The molecular formula is C10H16N4O5. The van der Waals surface area contributed by atoms with Crippen LogP contribution in [0.15, 0.2) is 11.1 Å². The summed E-state index contributed by atoms with van der Waals surface area (Å²) in [7, 11) is 0. The molecule has 0 radical (unpaired) electrons. The first-order chi connectivity index (χ1) is 8.75. The van der Waals surface area contributed by atoms with Gasteiger partial charge in [-0.15, -0.1) is 0 Å². The molecule has 0 atom stereocenters. The highest BCUT2D eigenvalue weighted by Crippen LogP contribution is 2.02. The van der Waals surface area contributed by atoms with Crippen LogP contribution in [0.2, 0.25) is 0 Å². The summed E-state index contributed by atoms with van der Waals surface area (Å²) in [4.78, 5) is 43.6. The maximum atomic E-state index is 11.5. The maximum absolute atomic E-state index is 11.5. The Balaban J connectivity index is 4.20. The Morgan fingerprint density at radius 3 is 2.00 bits per heavy atom. The molecule has 0 aromatic carbocycles. The van der Waals surface area contributed by atoms with Gasteiger partial charge in [-0.2, -0.15) is 0 Å². The van der Waals surface area contributed by atoms with Crippen LogP contribution in [0.5, 0.6) is 0 Å². The van der Waals surface area contributed by atoms with Crippen molar-refractivity contribution < 1.29 is 24.3 Å². The molecule has 0 bridgehead atoms. The second-order valence-electron chi connectivity index (χ2n) is 3.56. The van der Waals surface area contributed by atoms with Crippen molar-refractivity contribution in [3.05, 3.63) is 11.1 Å². The van der Waals surface area contributed by atoms with Gasteiger partial charge < -0.3 is 21.5 Å². The number of hydrogen-bond donors (Lipinski definition) is 5. The fraction of sp³-hybridized carbons (Fsp3) is 0.400. The van der Waals surface area contributed by atoms with Gasteiger partial charge in [0, 0.05) is 24.2 Å². The first-order valence-corrected chi connectivity index (χ1v) is 5.29. The van der Waals surface area contributed by atoms with Crippen LogP contribution in [0, 0.1) is 0 Å².